The number of para-hydroxylation sites is 1. The first-order valence-corrected chi connectivity index (χ1v) is 11.8. The maximum absolute atomic E-state index is 13.9. The van der Waals surface area contributed by atoms with E-state index in [4.69, 9.17) is 0 Å². The van der Waals surface area contributed by atoms with Gasteiger partial charge in [0.25, 0.3) is 0 Å². The van der Waals surface area contributed by atoms with Crippen LogP contribution in [0.2, 0.25) is 0 Å². The number of halogens is 3. The average Bonchev–Trinajstić information content (AvgIpc) is 3.56. The molecule has 0 bridgehead atoms. The van der Waals surface area contributed by atoms with Gasteiger partial charge in [0.15, 0.2) is 5.82 Å². The molecule has 3 heterocycles. The lowest BCUT2D eigenvalue weighted by atomic mass is 9.91. The molecule has 1 fully saturated rings. The number of fused-ring (bicyclic) bond motifs is 2. The zero-order valence-electron chi connectivity index (χ0n) is 19.0. The molecule has 8 heteroatoms. The fraction of sp³-hybridized carbons (Fsp3) is 0.385. The van der Waals surface area contributed by atoms with Crippen LogP contribution in [0.4, 0.5) is 36.3 Å². The van der Waals surface area contributed by atoms with Crippen molar-refractivity contribution in [3.05, 3.63) is 70.4 Å². The molecule has 3 aromatic rings. The smallest absolute Gasteiger partial charge is 0.325 e. The molecule has 0 spiro atoms. The number of nitrogens with zero attached hydrogens (tertiary/aromatic N) is 4. The number of benzene rings is 2. The van der Waals surface area contributed by atoms with Gasteiger partial charge in [0.1, 0.15) is 5.56 Å². The van der Waals surface area contributed by atoms with Gasteiger partial charge in [0.05, 0.1) is 0 Å². The Morgan fingerprint density at radius 2 is 1.85 bits per heavy atom. The molecule has 0 atom stereocenters. The van der Waals surface area contributed by atoms with E-state index in [9.17, 15) is 13.2 Å². The lowest BCUT2D eigenvalue weighted by molar-refractivity contribution is -0.137. The van der Waals surface area contributed by atoms with Crippen molar-refractivity contribution in [1.82, 2.24) is 14.9 Å². The summed E-state index contributed by atoms with van der Waals surface area (Å²) in [6.07, 6.45) is 0.471. The normalized spacial score (nSPS) is 18.1. The number of hydrogen-bond acceptors (Lipinski definition) is 5. The van der Waals surface area contributed by atoms with Gasteiger partial charge in [0.2, 0.25) is 5.95 Å². The van der Waals surface area contributed by atoms with E-state index >= 15 is 0 Å². The quantitative estimate of drug-likeness (QED) is 0.528. The number of likely N-dealkylation sites (N-methyl/N-ethyl adjacent to an activating group) is 1. The Morgan fingerprint density at radius 3 is 2.65 bits per heavy atom. The summed E-state index contributed by atoms with van der Waals surface area (Å²) in [5, 5.41) is 3.22. The van der Waals surface area contributed by atoms with Crippen LogP contribution in [0.1, 0.15) is 46.6 Å². The second kappa shape index (κ2) is 7.98. The molecule has 2 aromatic carbocycles. The molecule has 3 aliphatic rings. The molecule has 34 heavy (non-hydrogen) atoms. The number of nitrogens with one attached hydrogen (secondary N) is 1. The second-order valence-corrected chi connectivity index (χ2v) is 9.55. The minimum atomic E-state index is -4.54. The molecule has 0 radical (unpaired) electrons. The van der Waals surface area contributed by atoms with Crippen molar-refractivity contribution in [2.24, 2.45) is 0 Å². The molecule has 5 nitrogen and oxygen atoms in total. The van der Waals surface area contributed by atoms with Crippen molar-refractivity contribution in [2.75, 3.05) is 30.4 Å². The fourth-order valence-electron chi connectivity index (χ4n) is 5.23. The highest BCUT2D eigenvalue weighted by Gasteiger charge is 2.38. The van der Waals surface area contributed by atoms with Gasteiger partial charge < -0.3 is 15.1 Å². The largest absolute Gasteiger partial charge is 0.421 e. The molecule has 1 N–H and O–H groups in total. The van der Waals surface area contributed by atoms with E-state index in [1.54, 1.807) is 4.90 Å². The summed E-state index contributed by atoms with van der Waals surface area (Å²) in [4.78, 5) is 12.4. The van der Waals surface area contributed by atoms with Crippen LogP contribution in [-0.2, 0) is 25.6 Å². The highest BCUT2D eigenvalue weighted by Crippen LogP contribution is 2.45. The van der Waals surface area contributed by atoms with Crippen molar-refractivity contribution < 1.29 is 13.2 Å². The zero-order chi connectivity index (χ0) is 23.4. The predicted octanol–water partition coefficient (Wildman–Crippen LogP) is 5.80. The van der Waals surface area contributed by atoms with E-state index < -0.39 is 11.7 Å². The summed E-state index contributed by atoms with van der Waals surface area (Å²) < 4.78 is 41.6. The van der Waals surface area contributed by atoms with E-state index in [0.29, 0.717) is 18.9 Å². The number of alkyl halides is 3. The second-order valence-electron chi connectivity index (χ2n) is 9.55. The Labute approximate surface area is 196 Å². The minimum absolute atomic E-state index is 0.102. The van der Waals surface area contributed by atoms with Crippen LogP contribution < -0.4 is 10.2 Å². The first-order chi connectivity index (χ1) is 16.4. The summed E-state index contributed by atoms with van der Waals surface area (Å²) in [5.74, 6) is 0.664. The molecule has 1 aromatic heterocycles. The third kappa shape index (κ3) is 3.90. The maximum atomic E-state index is 13.9. The van der Waals surface area contributed by atoms with Gasteiger partial charge in [-0.2, -0.15) is 18.2 Å². The lowest BCUT2D eigenvalue weighted by Gasteiger charge is -2.28. The van der Waals surface area contributed by atoms with Gasteiger partial charge in [-0.3, -0.25) is 0 Å². The van der Waals surface area contributed by atoms with Crippen LogP contribution in [0.25, 0.3) is 0 Å². The van der Waals surface area contributed by atoms with Gasteiger partial charge in [-0.05, 0) is 79.1 Å². The summed E-state index contributed by atoms with van der Waals surface area (Å²) >= 11 is 0. The van der Waals surface area contributed by atoms with Crippen LogP contribution >= 0.6 is 0 Å². The van der Waals surface area contributed by atoms with Gasteiger partial charge >= 0.3 is 6.18 Å². The van der Waals surface area contributed by atoms with Crippen LogP contribution in [0.5, 0.6) is 0 Å². The van der Waals surface area contributed by atoms with Crippen molar-refractivity contribution >= 4 is 23.1 Å². The van der Waals surface area contributed by atoms with Crippen molar-refractivity contribution in [3.8, 4) is 0 Å². The third-order valence-electron chi connectivity index (χ3n) is 7.05. The van der Waals surface area contributed by atoms with E-state index in [-0.39, 0.29) is 11.8 Å². The van der Waals surface area contributed by atoms with E-state index in [0.717, 1.165) is 42.6 Å². The number of anilines is 4. The van der Waals surface area contributed by atoms with Crippen molar-refractivity contribution in [2.45, 2.75) is 44.3 Å². The van der Waals surface area contributed by atoms with Crippen molar-refractivity contribution in [1.29, 1.82) is 0 Å². The summed E-state index contributed by atoms with van der Waals surface area (Å²) in [5.41, 5.74) is 5.90. The topological polar surface area (TPSA) is 44.3 Å². The Kier molecular flexibility index (Phi) is 5.02. The SMILES string of the molecule is CN1CCc2c(cc(Nc3ncc(C(F)(F)F)c(N4CCc5ccccc54)n3)cc2C2CC2)C1. The molecular formula is C26H26F3N5. The van der Waals surface area contributed by atoms with Gasteiger partial charge in [-0.25, -0.2) is 4.98 Å². The molecule has 176 valence electrons. The fourth-order valence-corrected chi connectivity index (χ4v) is 5.23. The Morgan fingerprint density at radius 1 is 1.03 bits per heavy atom. The predicted molar refractivity (Wildman–Crippen MR) is 126 cm³/mol. The van der Waals surface area contributed by atoms with Gasteiger partial charge in [0, 0.05) is 37.2 Å². The standard InChI is InChI=1S/C26H26F3N5/c1-33-10-9-20-18(15-33)12-19(13-21(20)16-6-7-16)31-25-30-14-22(26(27,28)29)24(32-25)34-11-8-17-4-2-3-5-23(17)34/h2-5,12-14,16H,6-11,15H2,1H3,(H,30,31,32). The third-order valence-corrected chi connectivity index (χ3v) is 7.05. The summed E-state index contributed by atoms with van der Waals surface area (Å²) in [7, 11) is 2.11. The van der Waals surface area contributed by atoms with E-state index in [1.165, 1.54) is 29.5 Å². The average molecular weight is 466 g/mol. The van der Waals surface area contributed by atoms with Gasteiger partial charge in [-0.15, -0.1) is 0 Å². The molecule has 1 saturated carbocycles. The number of hydrogen-bond donors (Lipinski definition) is 1. The highest BCUT2D eigenvalue weighted by molar-refractivity contribution is 5.71. The Balaban J connectivity index is 1.38. The molecular weight excluding hydrogens is 439 g/mol. The first-order valence-electron chi connectivity index (χ1n) is 11.8. The summed E-state index contributed by atoms with van der Waals surface area (Å²) in [6, 6.07) is 11.8. The zero-order valence-corrected chi connectivity index (χ0v) is 19.0. The molecule has 0 unspecified atom stereocenters. The molecule has 6 rings (SSSR count). The highest BCUT2D eigenvalue weighted by atomic mass is 19.4. The number of aromatic nitrogens is 2. The molecule has 2 aliphatic heterocycles. The van der Waals surface area contributed by atoms with Crippen LogP contribution in [-0.4, -0.2) is 35.0 Å². The van der Waals surface area contributed by atoms with Crippen LogP contribution in [0.3, 0.4) is 0 Å². The van der Waals surface area contributed by atoms with Crippen LogP contribution in [0.15, 0.2) is 42.6 Å². The number of rotatable bonds is 4. The Hall–Kier alpha value is -3.13. The lowest BCUT2D eigenvalue weighted by Crippen LogP contribution is -2.27. The van der Waals surface area contributed by atoms with E-state index in [2.05, 4.69) is 39.4 Å². The molecule has 1 aliphatic carbocycles. The first kappa shape index (κ1) is 21.4. The van der Waals surface area contributed by atoms with Gasteiger partial charge in [-0.1, -0.05) is 18.2 Å². The molecule has 0 amide bonds. The van der Waals surface area contributed by atoms with Crippen LogP contribution in [0, 0.1) is 0 Å². The minimum Gasteiger partial charge on any atom is -0.325 e. The molecule has 0 saturated heterocycles. The monoisotopic (exact) mass is 465 g/mol. The van der Waals surface area contributed by atoms with Crippen molar-refractivity contribution in [3.63, 3.8) is 0 Å². The maximum Gasteiger partial charge on any atom is 0.421 e. The summed E-state index contributed by atoms with van der Waals surface area (Å²) in [6.45, 7) is 2.37. The van der Waals surface area contributed by atoms with E-state index in [1.807, 2.05) is 24.3 Å². The Bertz CT molecular complexity index is 1250.